The first-order valence-corrected chi connectivity index (χ1v) is 8.16. The topological polar surface area (TPSA) is 114 Å². The summed E-state index contributed by atoms with van der Waals surface area (Å²) in [6, 6.07) is 5.07. The van der Waals surface area contributed by atoms with Crippen molar-refractivity contribution in [3.63, 3.8) is 0 Å². The van der Waals surface area contributed by atoms with E-state index in [2.05, 4.69) is 15.3 Å². The molecule has 0 saturated carbocycles. The summed E-state index contributed by atoms with van der Waals surface area (Å²) in [6.07, 6.45) is 1.72. The third kappa shape index (κ3) is 3.17. The number of aryl methyl sites for hydroxylation is 2. The Bertz CT molecular complexity index is 917. The van der Waals surface area contributed by atoms with Crippen molar-refractivity contribution < 1.29 is 14.0 Å². The number of amides is 2. The predicted octanol–water partition coefficient (Wildman–Crippen LogP) is 1.94. The van der Waals surface area contributed by atoms with Crippen LogP contribution in [-0.2, 0) is 10.3 Å². The van der Waals surface area contributed by atoms with E-state index in [0.717, 1.165) is 0 Å². The van der Waals surface area contributed by atoms with Crippen LogP contribution in [0.4, 0.5) is 5.69 Å². The van der Waals surface area contributed by atoms with Gasteiger partial charge in [0.25, 0.3) is 5.91 Å². The molecule has 136 valence electrons. The number of carbonyl (C=O) groups excluding carboxylic acids is 2. The number of aromatic nitrogens is 1. The number of furan rings is 1. The molecule has 0 aliphatic carbocycles. The maximum atomic E-state index is 12.5. The highest BCUT2D eigenvalue weighted by Gasteiger charge is 2.37. The molecule has 8 heteroatoms. The zero-order valence-electron chi connectivity index (χ0n) is 15.2. The van der Waals surface area contributed by atoms with Gasteiger partial charge in [-0.2, -0.15) is 0 Å². The lowest BCUT2D eigenvalue weighted by Gasteiger charge is -2.32. The van der Waals surface area contributed by atoms with Crippen LogP contribution >= 0.6 is 0 Å². The first-order chi connectivity index (χ1) is 12.2. The largest absolute Gasteiger partial charge is 0.466 e. The Morgan fingerprint density at radius 3 is 2.73 bits per heavy atom. The molecule has 0 aromatic carbocycles. The zero-order chi connectivity index (χ0) is 19.1. The lowest BCUT2D eigenvalue weighted by atomic mass is 9.91. The predicted molar refractivity (Wildman–Crippen MR) is 96.7 cm³/mol. The Kier molecular flexibility index (Phi) is 4.27. The molecule has 0 saturated heterocycles. The van der Waals surface area contributed by atoms with Crippen LogP contribution in [0.1, 0.15) is 40.9 Å². The van der Waals surface area contributed by atoms with Crippen molar-refractivity contribution in [3.8, 4) is 0 Å². The Morgan fingerprint density at radius 2 is 2.12 bits per heavy atom. The third-order valence-electron chi connectivity index (χ3n) is 4.43. The summed E-state index contributed by atoms with van der Waals surface area (Å²) in [7, 11) is 1.58. The normalized spacial score (nSPS) is 20.1. The van der Waals surface area contributed by atoms with Gasteiger partial charge in [-0.3, -0.25) is 19.5 Å². The molecule has 0 fully saturated rings. The van der Waals surface area contributed by atoms with Gasteiger partial charge in [0.15, 0.2) is 5.96 Å². The Morgan fingerprint density at radius 1 is 1.38 bits per heavy atom. The molecule has 3 rings (SSSR count). The fraction of sp³-hybridized carbons (Fsp3) is 0.333. The highest BCUT2D eigenvalue weighted by atomic mass is 16.3. The van der Waals surface area contributed by atoms with Crippen LogP contribution in [-0.4, -0.2) is 34.7 Å². The maximum Gasteiger partial charge on any atom is 0.259 e. The van der Waals surface area contributed by atoms with E-state index in [0.29, 0.717) is 28.5 Å². The fourth-order valence-electron chi connectivity index (χ4n) is 2.91. The highest BCUT2D eigenvalue weighted by molar-refractivity contribution is 6.05. The van der Waals surface area contributed by atoms with Gasteiger partial charge < -0.3 is 15.5 Å². The first kappa shape index (κ1) is 17.7. The average Bonchev–Trinajstić information content (AvgIpc) is 2.91. The molecule has 8 nitrogen and oxygen atoms in total. The summed E-state index contributed by atoms with van der Waals surface area (Å²) in [4.78, 5) is 34.7. The molecule has 0 spiro atoms. The molecule has 1 unspecified atom stereocenters. The molecule has 0 bridgehead atoms. The van der Waals surface area contributed by atoms with Crippen molar-refractivity contribution >= 4 is 23.5 Å². The molecule has 0 radical (unpaired) electrons. The maximum absolute atomic E-state index is 12.5. The van der Waals surface area contributed by atoms with Crippen LogP contribution in [0.2, 0.25) is 0 Å². The van der Waals surface area contributed by atoms with Crippen molar-refractivity contribution in [1.29, 1.82) is 0 Å². The summed E-state index contributed by atoms with van der Waals surface area (Å²) < 4.78 is 5.39. The lowest BCUT2D eigenvalue weighted by Crippen LogP contribution is -2.47. The number of hydrogen-bond acceptors (Lipinski definition) is 6. The number of hydrogen-bond donors (Lipinski definition) is 2. The third-order valence-corrected chi connectivity index (χ3v) is 4.43. The van der Waals surface area contributed by atoms with Crippen LogP contribution in [0.5, 0.6) is 0 Å². The second-order valence-corrected chi connectivity index (χ2v) is 6.58. The molecule has 2 aromatic rings. The highest BCUT2D eigenvalue weighted by Crippen LogP contribution is 2.32. The van der Waals surface area contributed by atoms with E-state index in [1.165, 1.54) is 4.90 Å². The summed E-state index contributed by atoms with van der Waals surface area (Å²) in [5, 5.41) is 2.83. The molecule has 2 aromatic heterocycles. The Balaban J connectivity index is 1.88. The molecule has 1 aliphatic rings. The molecule has 1 atom stereocenters. The van der Waals surface area contributed by atoms with Gasteiger partial charge in [-0.1, -0.05) is 0 Å². The Labute approximate surface area is 151 Å². The molecular formula is C18H21N5O3. The van der Waals surface area contributed by atoms with E-state index in [4.69, 9.17) is 10.2 Å². The van der Waals surface area contributed by atoms with Crippen molar-refractivity contribution in [2.75, 3.05) is 12.4 Å². The van der Waals surface area contributed by atoms with Crippen LogP contribution in [0, 0.1) is 13.8 Å². The quantitative estimate of drug-likeness (QED) is 0.873. The summed E-state index contributed by atoms with van der Waals surface area (Å²) in [6.45, 7) is 5.32. The smallest absolute Gasteiger partial charge is 0.259 e. The monoisotopic (exact) mass is 355 g/mol. The number of nitrogens with one attached hydrogen (secondary N) is 1. The second kappa shape index (κ2) is 6.29. The van der Waals surface area contributed by atoms with Gasteiger partial charge in [-0.25, -0.2) is 4.99 Å². The number of anilines is 1. The van der Waals surface area contributed by atoms with Crippen LogP contribution in [0.25, 0.3) is 0 Å². The number of pyridine rings is 1. The van der Waals surface area contributed by atoms with Gasteiger partial charge in [0.05, 0.1) is 17.7 Å². The zero-order valence-corrected chi connectivity index (χ0v) is 15.2. The molecule has 3 heterocycles. The van der Waals surface area contributed by atoms with Gasteiger partial charge in [0.1, 0.15) is 17.1 Å². The fourth-order valence-corrected chi connectivity index (χ4v) is 2.91. The summed E-state index contributed by atoms with van der Waals surface area (Å²) in [5.74, 6) is 0.958. The van der Waals surface area contributed by atoms with Crippen molar-refractivity contribution in [1.82, 2.24) is 9.88 Å². The van der Waals surface area contributed by atoms with E-state index in [-0.39, 0.29) is 24.2 Å². The van der Waals surface area contributed by atoms with Crippen molar-refractivity contribution in [3.05, 3.63) is 47.2 Å². The van der Waals surface area contributed by atoms with Gasteiger partial charge in [-0.05, 0) is 39.0 Å². The van der Waals surface area contributed by atoms with Crippen LogP contribution in [0.3, 0.4) is 0 Å². The summed E-state index contributed by atoms with van der Waals surface area (Å²) >= 11 is 0. The van der Waals surface area contributed by atoms with E-state index in [1.807, 2.05) is 0 Å². The minimum Gasteiger partial charge on any atom is -0.466 e. The van der Waals surface area contributed by atoms with E-state index < -0.39 is 5.54 Å². The number of rotatable bonds is 3. The molecule has 2 amide bonds. The molecule has 1 aliphatic heterocycles. The van der Waals surface area contributed by atoms with Crippen LogP contribution in [0.15, 0.2) is 33.8 Å². The van der Waals surface area contributed by atoms with Gasteiger partial charge in [0.2, 0.25) is 5.91 Å². The average molecular weight is 355 g/mol. The molecule has 26 heavy (non-hydrogen) atoms. The van der Waals surface area contributed by atoms with E-state index >= 15 is 0 Å². The number of carbonyl (C=O) groups is 2. The number of nitrogens with zero attached hydrogens (tertiary/aromatic N) is 3. The van der Waals surface area contributed by atoms with Gasteiger partial charge >= 0.3 is 0 Å². The molecular weight excluding hydrogens is 334 g/mol. The van der Waals surface area contributed by atoms with Crippen LogP contribution < -0.4 is 11.1 Å². The number of aliphatic imine (C=N–C) groups is 1. The first-order valence-electron chi connectivity index (χ1n) is 8.16. The molecule has 3 N–H and O–H groups in total. The van der Waals surface area contributed by atoms with Crippen molar-refractivity contribution in [2.24, 2.45) is 10.7 Å². The van der Waals surface area contributed by atoms with Gasteiger partial charge in [0, 0.05) is 18.9 Å². The SMILES string of the molecule is Cc1cc(C(=O)Nc2ccnc(C3(C)CC(=O)N(C)C(N)=N3)c2)c(C)o1. The van der Waals surface area contributed by atoms with Crippen molar-refractivity contribution in [2.45, 2.75) is 32.7 Å². The summed E-state index contributed by atoms with van der Waals surface area (Å²) in [5.41, 5.74) is 6.55. The van der Waals surface area contributed by atoms with E-state index in [1.54, 1.807) is 52.2 Å². The van der Waals surface area contributed by atoms with Gasteiger partial charge in [-0.15, -0.1) is 0 Å². The second-order valence-electron chi connectivity index (χ2n) is 6.58. The standard InChI is InChI=1S/C18H21N5O3/c1-10-7-13(11(2)26-10)16(25)21-12-5-6-20-14(8-12)18(3)9-15(24)23(4)17(19)22-18/h5-8H,9H2,1-4H3,(H2,19,22)(H,20,21,25). The number of guanidine groups is 1. The minimum absolute atomic E-state index is 0.138. The lowest BCUT2D eigenvalue weighted by molar-refractivity contribution is -0.128. The minimum atomic E-state index is -0.878. The number of nitrogens with two attached hydrogens (primary N) is 1. The Hall–Kier alpha value is -3.16. The van der Waals surface area contributed by atoms with E-state index in [9.17, 15) is 9.59 Å².